The van der Waals surface area contributed by atoms with Crippen LogP contribution < -0.4 is 20.9 Å². The van der Waals surface area contributed by atoms with Crippen LogP contribution in [0.15, 0.2) is 40.9 Å². The first-order valence-corrected chi connectivity index (χ1v) is 12.0. The molecule has 4 rings (SSSR count). The molecule has 0 bridgehead atoms. The van der Waals surface area contributed by atoms with Crippen LogP contribution in [0.5, 0.6) is 0 Å². The highest BCUT2D eigenvalue weighted by atomic mass is 79.9. The number of urea groups is 1. The van der Waals surface area contributed by atoms with Crippen LogP contribution in [0.25, 0.3) is 10.9 Å². The number of hydrogen-bond donors (Lipinski definition) is 3. The van der Waals surface area contributed by atoms with Gasteiger partial charge >= 0.3 is 6.03 Å². The van der Waals surface area contributed by atoms with Gasteiger partial charge in [0.15, 0.2) is 11.6 Å². The van der Waals surface area contributed by atoms with Crippen molar-refractivity contribution in [2.75, 3.05) is 36.2 Å². The van der Waals surface area contributed by atoms with Crippen molar-refractivity contribution >= 4 is 50.3 Å². The number of amides is 2. The number of nitrogens with zero attached hydrogens (tertiary/aromatic N) is 3. The fourth-order valence-electron chi connectivity index (χ4n) is 4.22. The Morgan fingerprint density at radius 2 is 1.76 bits per heavy atom. The zero-order chi connectivity index (χ0) is 24.2. The maximum absolute atomic E-state index is 13.9. The summed E-state index contributed by atoms with van der Waals surface area (Å²) in [5.41, 5.74) is 0.437. The van der Waals surface area contributed by atoms with E-state index < -0.39 is 23.4 Å². The van der Waals surface area contributed by atoms with Crippen molar-refractivity contribution in [1.82, 2.24) is 15.3 Å². The molecule has 1 heterocycles. The summed E-state index contributed by atoms with van der Waals surface area (Å²) in [6, 6.07) is 9.77. The van der Waals surface area contributed by atoms with Gasteiger partial charge in [-0.15, -0.1) is 0 Å². The van der Waals surface area contributed by atoms with Gasteiger partial charge in [-0.25, -0.2) is 18.6 Å². The van der Waals surface area contributed by atoms with Gasteiger partial charge in [0.25, 0.3) is 0 Å². The maximum atomic E-state index is 13.9. The van der Waals surface area contributed by atoms with Crippen LogP contribution in [-0.2, 0) is 0 Å². The number of aromatic nitrogens is 2. The molecule has 34 heavy (non-hydrogen) atoms. The lowest BCUT2D eigenvalue weighted by Gasteiger charge is -2.29. The third-order valence-electron chi connectivity index (χ3n) is 5.98. The van der Waals surface area contributed by atoms with Crippen LogP contribution in [-0.4, -0.2) is 42.7 Å². The smallest absolute Gasteiger partial charge is 0.319 e. The first-order valence-electron chi connectivity index (χ1n) is 11.2. The molecule has 1 saturated carbocycles. The Kier molecular flexibility index (Phi) is 7.45. The zero-order valence-corrected chi connectivity index (χ0v) is 20.6. The summed E-state index contributed by atoms with van der Waals surface area (Å²) in [5.74, 6) is 0.111. The highest BCUT2D eigenvalue weighted by Crippen LogP contribution is 2.28. The molecule has 3 N–H and O–H groups in total. The summed E-state index contributed by atoms with van der Waals surface area (Å²) in [7, 11) is 3.93. The molecular weight excluding hydrogens is 506 g/mol. The van der Waals surface area contributed by atoms with E-state index in [0.717, 1.165) is 54.5 Å². The van der Waals surface area contributed by atoms with Gasteiger partial charge in [0.2, 0.25) is 5.95 Å². The summed E-state index contributed by atoms with van der Waals surface area (Å²) in [4.78, 5) is 23.5. The Labute approximate surface area is 205 Å². The number of fused-ring (bicyclic) bond motifs is 1. The van der Waals surface area contributed by atoms with Gasteiger partial charge in [-0.2, -0.15) is 4.98 Å². The number of anilines is 3. The Balaban J connectivity index is 1.28. The quantitative estimate of drug-likeness (QED) is 0.388. The molecule has 0 aliphatic heterocycles. The minimum atomic E-state index is -0.832. The maximum Gasteiger partial charge on any atom is 0.319 e. The van der Waals surface area contributed by atoms with Crippen molar-refractivity contribution in [3.8, 4) is 0 Å². The summed E-state index contributed by atoms with van der Waals surface area (Å²) >= 11 is 3.02. The second-order valence-corrected chi connectivity index (χ2v) is 9.64. The Bertz CT molecular complexity index is 1160. The topological polar surface area (TPSA) is 82.2 Å². The van der Waals surface area contributed by atoms with Crippen LogP contribution in [0.1, 0.15) is 25.7 Å². The molecule has 10 heteroatoms. The lowest BCUT2D eigenvalue weighted by molar-refractivity contribution is 0.246. The fraction of sp³-hybridized carbons (Fsp3) is 0.375. The minimum Gasteiger partial charge on any atom is -0.362 e. The molecule has 1 aromatic heterocycles. The molecule has 2 aromatic carbocycles. The number of hydrogen-bond acceptors (Lipinski definition) is 5. The predicted molar refractivity (Wildman–Crippen MR) is 134 cm³/mol. The SMILES string of the molecule is CN(C)c1nc(NC2CCC(CNC(=O)Nc3c(F)cc(Br)cc3F)CC2)nc2ccccc12. The van der Waals surface area contributed by atoms with Crippen LogP contribution in [0.4, 0.5) is 31.0 Å². The van der Waals surface area contributed by atoms with E-state index in [9.17, 15) is 13.6 Å². The molecule has 0 spiro atoms. The van der Waals surface area contributed by atoms with Crippen LogP contribution in [0.2, 0.25) is 0 Å². The normalized spacial score (nSPS) is 17.9. The fourth-order valence-corrected chi connectivity index (χ4v) is 4.62. The van der Waals surface area contributed by atoms with E-state index in [-0.39, 0.29) is 10.5 Å². The van der Waals surface area contributed by atoms with Crippen LogP contribution >= 0.6 is 15.9 Å². The van der Waals surface area contributed by atoms with Gasteiger partial charge in [-0.3, -0.25) is 0 Å². The van der Waals surface area contributed by atoms with Crippen molar-refractivity contribution in [2.45, 2.75) is 31.7 Å². The molecule has 0 unspecified atom stereocenters. The number of benzene rings is 2. The average molecular weight is 533 g/mol. The lowest BCUT2D eigenvalue weighted by Crippen LogP contribution is -2.36. The van der Waals surface area contributed by atoms with E-state index in [1.165, 1.54) is 0 Å². The molecule has 0 saturated heterocycles. The monoisotopic (exact) mass is 532 g/mol. The summed E-state index contributed by atoms with van der Waals surface area (Å²) in [6.45, 7) is 0.440. The van der Waals surface area contributed by atoms with E-state index in [4.69, 9.17) is 4.98 Å². The van der Waals surface area contributed by atoms with Gasteiger partial charge < -0.3 is 20.9 Å². The van der Waals surface area contributed by atoms with E-state index in [1.54, 1.807) is 0 Å². The molecule has 0 atom stereocenters. The van der Waals surface area contributed by atoms with Crippen molar-refractivity contribution < 1.29 is 13.6 Å². The largest absolute Gasteiger partial charge is 0.362 e. The van der Waals surface area contributed by atoms with Gasteiger partial charge in [0, 0.05) is 36.5 Å². The number of carbonyl (C=O) groups excluding carboxylic acids is 1. The number of nitrogens with one attached hydrogen (secondary N) is 3. The van der Waals surface area contributed by atoms with Crippen LogP contribution in [0, 0.1) is 17.6 Å². The Morgan fingerprint density at radius 1 is 1.09 bits per heavy atom. The molecular formula is C24H27BrF2N6O. The molecule has 180 valence electrons. The van der Waals surface area contributed by atoms with Gasteiger partial charge in [-0.05, 0) is 55.9 Å². The predicted octanol–water partition coefficient (Wildman–Crippen LogP) is 5.53. The first kappa shape index (κ1) is 24.1. The lowest BCUT2D eigenvalue weighted by atomic mass is 9.86. The number of para-hydroxylation sites is 1. The zero-order valence-electron chi connectivity index (χ0n) is 19.0. The van der Waals surface area contributed by atoms with Crippen molar-refractivity contribution in [3.63, 3.8) is 0 Å². The highest BCUT2D eigenvalue weighted by Gasteiger charge is 2.23. The van der Waals surface area contributed by atoms with E-state index >= 15 is 0 Å². The molecule has 0 radical (unpaired) electrons. The van der Waals surface area contributed by atoms with Gasteiger partial charge in [0.05, 0.1) is 5.52 Å². The van der Waals surface area contributed by atoms with Crippen molar-refractivity contribution in [3.05, 3.63) is 52.5 Å². The number of rotatable bonds is 6. The summed E-state index contributed by atoms with van der Waals surface area (Å²) in [6.07, 6.45) is 3.65. The molecule has 3 aromatic rings. The molecule has 2 amide bonds. The van der Waals surface area contributed by atoms with E-state index in [2.05, 4.69) is 36.9 Å². The number of halogens is 3. The standard InChI is InChI=1S/C24H27BrF2N6O/c1-33(2)22-17-5-3-4-6-20(17)30-23(32-22)29-16-9-7-14(8-10-16)13-28-24(34)31-21-18(26)11-15(25)12-19(21)27/h3-6,11-12,14,16H,7-10,13H2,1-2H3,(H2,28,31,34)(H,29,30,32). The molecule has 1 aliphatic carbocycles. The van der Waals surface area contributed by atoms with Crippen LogP contribution in [0.3, 0.4) is 0 Å². The van der Waals surface area contributed by atoms with Gasteiger partial charge in [0.1, 0.15) is 11.5 Å². The third kappa shape index (κ3) is 5.72. The average Bonchev–Trinajstić information content (AvgIpc) is 2.80. The first-order chi connectivity index (χ1) is 16.3. The molecule has 1 aliphatic rings. The number of carbonyl (C=O) groups is 1. The Morgan fingerprint density at radius 3 is 2.44 bits per heavy atom. The second-order valence-electron chi connectivity index (χ2n) is 8.72. The van der Waals surface area contributed by atoms with Crippen molar-refractivity contribution in [2.24, 2.45) is 5.92 Å². The molecule has 1 fully saturated rings. The van der Waals surface area contributed by atoms with Gasteiger partial charge in [-0.1, -0.05) is 28.1 Å². The second kappa shape index (κ2) is 10.5. The minimum absolute atomic E-state index is 0.243. The van der Waals surface area contributed by atoms with E-state index in [0.29, 0.717) is 18.4 Å². The summed E-state index contributed by atoms with van der Waals surface area (Å²) in [5, 5.41) is 9.47. The summed E-state index contributed by atoms with van der Waals surface area (Å²) < 4.78 is 28.1. The highest BCUT2D eigenvalue weighted by molar-refractivity contribution is 9.10. The molecule has 7 nitrogen and oxygen atoms in total. The Hall–Kier alpha value is -3.01. The van der Waals surface area contributed by atoms with E-state index in [1.807, 2.05) is 43.3 Å². The van der Waals surface area contributed by atoms with Crippen molar-refractivity contribution in [1.29, 1.82) is 0 Å². The third-order valence-corrected chi connectivity index (χ3v) is 6.44.